The molecular formula is C15H21N3O2S. The minimum atomic E-state index is -0.483. The van der Waals surface area contributed by atoms with E-state index in [1.54, 1.807) is 17.5 Å². The fourth-order valence-corrected chi connectivity index (χ4v) is 3.08. The van der Waals surface area contributed by atoms with Gasteiger partial charge in [0.05, 0.1) is 18.9 Å². The van der Waals surface area contributed by atoms with Crippen LogP contribution in [0.4, 0.5) is 0 Å². The van der Waals surface area contributed by atoms with Gasteiger partial charge in [-0.25, -0.2) is 4.98 Å². The second-order valence-electron chi connectivity index (χ2n) is 5.65. The molecule has 0 amide bonds. The second kappa shape index (κ2) is 7.09. The van der Waals surface area contributed by atoms with Crippen molar-refractivity contribution in [2.45, 2.75) is 13.5 Å². The van der Waals surface area contributed by atoms with Gasteiger partial charge < -0.3 is 15.1 Å². The predicted octanol–water partition coefficient (Wildman–Crippen LogP) is 1.63. The number of aromatic nitrogens is 2. The van der Waals surface area contributed by atoms with Crippen molar-refractivity contribution in [2.75, 3.05) is 26.8 Å². The molecule has 0 atom stereocenters. The highest BCUT2D eigenvalue weighted by atomic mass is 32.1. The van der Waals surface area contributed by atoms with Gasteiger partial charge in [0.15, 0.2) is 0 Å². The van der Waals surface area contributed by atoms with Crippen molar-refractivity contribution in [3.8, 4) is 10.7 Å². The molecule has 0 saturated heterocycles. The minimum absolute atomic E-state index is 0.0320. The Morgan fingerprint density at radius 3 is 2.62 bits per heavy atom. The highest BCUT2D eigenvalue weighted by molar-refractivity contribution is 7.14. The molecule has 2 aromatic rings. The molecule has 0 fully saturated rings. The normalized spacial score (nSPS) is 12.0. The van der Waals surface area contributed by atoms with Crippen molar-refractivity contribution >= 4 is 11.3 Å². The first-order valence-corrected chi connectivity index (χ1v) is 7.64. The number of thiazole rings is 1. The summed E-state index contributed by atoms with van der Waals surface area (Å²) in [5, 5.41) is 19.6. The van der Waals surface area contributed by atoms with Gasteiger partial charge in [-0.2, -0.15) is 0 Å². The maximum atomic E-state index is 9.35. The summed E-state index contributed by atoms with van der Waals surface area (Å²) in [6.45, 7) is 3.16. The van der Waals surface area contributed by atoms with Crippen LogP contribution in [0.2, 0.25) is 0 Å². The van der Waals surface area contributed by atoms with Crippen LogP contribution in [0.15, 0.2) is 30.6 Å². The van der Waals surface area contributed by atoms with Crippen LogP contribution in [-0.2, 0) is 6.54 Å². The van der Waals surface area contributed by atoms with E-state index in [0.29, 0.717) is 6.54 Å². The van der Waals surface area contributed by atoms with Crippen LogP contribution < -0.4 is 0 Å². The Bertz CT molecular complexity index is 555. The second-order valence-corrected chi connectivity index (χ2v) is 6.76. The van der Waals surface area contributed by atoms with Gasteiger partial charge in [0, 0.05) is 35.8 Å². The van der Waals surface area contributed by atoms with Gasteiger partial charge >= 0.3 is 0 Å². The van der Waals surface area contributed by atoms with Gasteiger partial charge in [-0.3, -0.25) is 4.98 Å². The van der Waals surface area contributed by atoms with E-state index in [2.05, 4.69) is 14.9 Å². The van der Waals surface area contributed by atoms with Crippen molar-refractivity contribution in [3.05, 3.63) is 35.5 Å². The van der Waals surface area contributed by atoms with Gasteiger partial charge in [-0.15, -0.1) is 11.3 Å². The molecule has 0 radical (unpaired) electrons. The molecule has 2 N–H and O–H groups in total. The largest absolute Gasteiger partial charge is 0.396 e. The molecule has 6 heteroatoms. The Balaban J connectivity index is 1.99. The van der Waals surface area contributed by atoms with Crippen LogP contribution in [0.3, 0.4) is 0 Å². The number of aliphatic hydroxyl groups excluding tert-OH is 2. The monoisotopic (exact) mass is 307 g/mol. The van der Waals surface area contributed by atoms with E-state index in [4.69, 9.17) is 0 Å². The lowest BCUT2D eigenvalue weighted by Gasteiger charge is -2.29. The summed E-state index contributed by atoms with van der Waals surface area (Å²) in [7, 11) is 1.98. The van der Waals surface area contributed by atoms with Crippen LogP contribution >= 0.6 is 11.3 Å². The Labute approximate surface area is 128 Å². The van der Waals surface area contributed by atoms with Crippen molar-refractivity contribution < 1.29 is 10.2 Å². The first kappa shape index (κ1) is 16.0. The molecule has 0 saturated carbocycles. The van der Waals surface area contributed by atoms with Gasteiger partial charge in [-0.05, 0) is 19.2 Å². The Morgan fingerprint density at radius 2 is 2.00 bits per heavy atom. The SMILES string of the molecule is CN(Cc1cnc(-c2ccccn2)s1)CC(C)(CO)CO. The molecule has 0 aliphatic carbocycles. The average Bonchev–Trinajstić information content (AvgIpc) is 2.96. The zero-order valence-corrected chi connectivity index (χ0v) is 13.2. The van der Waals surface area contributed by atoms with E-state index in [1.807, 2.05) is 38.4 Å². The van der Waals surface area contributed by atoms with E-state index in [9.17, 15) is 10.2 Å². The Kier molecular flexibility index (Phi) is 5.41. The molecule has 21 heavy (non-hydrogen) atoms. The molecule has 2 rings (SSSR count). The van der Waals surface area contributed by atoms with E-state index < -0.39 is 5.41 Å². The molecule has 0 spiro atoms. The zero-order valence-electron chi connectivity index (χ0n) is 12.4. The summed E-state index contributed by atoms with van der Waals surface area (Å²) >= 11 is 1.62. The Morgan fingerprint density at radius 1 is 1.24 bits per heavy atom. The summed E-state index contributed by atoms with van der Waals surface area (Å²) in [5.74, 6) is 0. The first-order chi connectivity index (χ1) is 10.1. The summed E-state index contributed by atoms with van der Waals surface area (Å²) in [4.78, 5) is 11.9. The molecule has 0 aromatic carbocycles. The fraction of sp³-hybridized carbons (Fsp3) is 0.467. The molecule has 114 valence electrons. The lowest BCUT2D eigenvalue weighted by Crippen LogP contribution is -2.38. The van der Waals surface area contributed by atoms with Crippen molar-refractivity contribution in [1.82, 2.24) is 14.9 Å². The van der Waals surface area contributed by atoms with Gasteiger partial charge in [0.2, 0.25) is 0 Å². The Hall–Kier alpha value is -1.34. The highest BCUT2D eigenvalue weighted by Crippen LogP contribution is 2.25. The molecule has 2 heterocycles. The maximum Gasteiger partial charge on any atom is 0.142 e. The predicted molar refractivity (Wildman–Crippen MR) is 84.0 cm³/mol. The van der Waals surface area contributed by atoms with E-state index in [0.717, 1.165) is 22.1 Å². The van der Waals surface area contributed by atoms with Gasteiger partial charge in [-0.1, -0.05) is 13.0 Å². The lowest BCUT2D eigenvalue weighted by molar-refractivity contribution is 0.0404. The van der Waals surface area contributed by atoms with Crippen LogP contribution in [-0.4, -0.2) is 51.9 Å². The summed E-state index contributed by atoms with van der Waals surface area (Å²) in [6.07, 6.45) is 3.62. The smallest absolute Gasteiger partial charge is 0.142 e. The number of aliphatic hydroxyl groups is 2. The number of rotatable bonds is 7. The molecule has 0 aliphatic heterocycles. The molecule has 5 nitrogen and oxygen atoms in total. The number of hydrogen-bond acceptors (Lipinski definition) is 6. The number of nitrogens with zero attached hydrogens (tertiary/aromatic N) is 3. The van der Waals surface area contributed by atoms with Crippen LogP contribution in [0, 0.1) is 5.41 Å². The standard InChI is InChI=1S/C15H21N3O2S/c1-15(10-19,11-20)9-18(2)8-12-7-17-14(21-12)13-5-3-4-6-16-13/h3-7,19-20H,8-11H2,1-2H3. The van der Waals surface area contributed by atoms with Gasteiger partial charge in [0.1, 0.15) is 5.01 Å². The van der Waals surface area contributed by atoms with Crippen LogP contribution in [0.1, 0.15) is 11.8 Å². The average molecular weight is 307 g/mol. The van der Waals surface area contributed by atoms with Crippen molar-refractivity contribution in [1.29, 1.82) is 0 Å². The fourth-order valence-electron chi connectivity index (χ4n) is 2.11. The number of pyridine rings is 1. The zero-order chi connectivity index (χ0) is 15.3. The minimum Gasteiger partial charge on any atom is -0.396 e. The van der Waals surface area contributed by atoms with Crippen LogP contribution in [0.25, 0.3) is 10.7 Å². The van der Waals surface area contributed by atoms with E-state index >= 15 is 0 Å². The lowest BCUT2D eigenvalue weighted by atomic mass is 9.92. The highest BCUT2D eigenvalue weighted by Gasteiger charge is 2.24. The topological polar surface area (TPSA) is 69.5 Å². The van der Waals surface area contributed by atoms with E-state index in [1.165, 1.54) is 0 Å². The molecular weight excluding hydrogens is 286 g/mol. The van der Waals surface area contributed by atoms with E-state index in [-0.39, 0.29) is 13.2 Å². The molecule has 0 unspecified atom stereocenters. The van der Waals surface area contributed by atoms with Gasteiger partial charge in [0.25, 0.3) is 0 Å². The van der Waals surface area contributed by atoms with Crippen molar-refractivity contribution in [3.63, 3.8) is 0 Å². The number of hydrogen-bond donors (Lipinski definition) is 2. The summed E-state index contributed by atoms with van der Waals surface area (Å²) in [6, 6.07) is 5.78. The maximum absolute atomic E-state index is 9.35. The molecule has 2 aromatic heterocycles. The summed E-state index contributed by atoms with van der Waals surface area (Å²) in [5.41, 5.74) is 0.399. The third-order valence-corrected chi connectivity index (χ3v) is 4.28. The molecule has 0 aliphatic rings. The van der Waals surface area contributed by atoms with Crippen molar-refractivity contribution in [2.24, 2.45) is 5.41 Å². The van der Waals surface area contributed by atoms with Crippen LogP contribution in [0.5, 0.6) is 0 Å². The molecule has 0 bridgehead atoms. The quantitative estimate of drug-likeness (QED) is 0.813. The summed E-state index contributed by atoms with van der Waals surface area (Å²) < 4.78 is 0. The third kappa shape index (κ3) is 4.31. The first-order valence-electron chi connectivity index (χ1n) is 6.83. The third-order valence-electron chi connectivity index (χ3n) is 3.28.